The molecule has 39 heavy (non-hydrogen) atoms. The second-order valence-corrected chi connectivity index (χ2v) is 8.73. The van der Waals surface area contributed by atoms with Crippen LogP contribution in [0.25, 0.3) is 0 Å². The molecule has 2 aromatic rings. The standard InChI is InChI=1S/C24H35N9O6/c25-16(7-4-8-29-24(26)27)20(35)31-18(10-15-11-28-13-30-15)22(37)32-17(9-14-5-2-1-3-6-14)21(36)33-19(12-34)23(38)39/h1-3,5-6,11,13,16-19,34H,4,7-10,12,25H2,(H,28,30)(H,31,35)(H,32,37)(H,33,36)(H,38,39)(H4,26,27,29). The largest absolute Gasteiger partial charge is 0.480 e. The molecule has 0 aliphatic carbocycles. The second-order valence-electron chi connectivity index (χ2n) is 8.73. The summed E-state index contributed by atoms with van der Waals surface area (Å²) < 4.78 is 0. The van der Waals surface area contributed by atoms with E-state index in [-0.39, 0.29) is 31.8 Å². The number of rotatable bonds is 16. The number of H-pyrrole nitrogens is 1. The molecule has 3 amide bonds. The molecule has 0 fully saturated rings. The molecule has 0 spiro atoms. The predicted octanol–water partition coefficient (Wildman–Crippen LogP) is -2.89. The zero-order valence-electron chi connectivity index (χ0n) is 21.2. The van der Waals surface area contributed by atoms with Crippen LogP contribution in [0.1, 0.15) is 24.1 Å². The molecular formula is C24H35N9O6. The number of hydrogen-bond acceptors (Lipinski definition) is 8. The van der Waals surface area contributed by atoms with E-state index in [1.165, 1.54) is 12.5 Å². The normalized spacial score (nSPS) is 13.8. The van der Waals surface area contributed by atoms with Crippen molar-refractivity contribution in [3.8, 4) is 0 Å². The molecule has 2 rings (SSSR count). The zero-order valence-corrected chi connectivity index (χ0v) is 21.2. The van der Waals surface area contributed by atoms with Gasteiger partial charge in [0.25, 0.3) is 0 Å². The third-order valence-electron chi connectivity index (χ3n) is 5.63. The Morgan fingerprint density at radius 1 is 0.949 bits per heavy atom. The van der Waals surface area contributed by atoms with Gasteiger partial charge in [0.2, 0.25) is 17.7 Å². The monoisotopic (exact) mass is 545 g/mol. The van der Waals surface area contributed by atoms with Crippen LogP contribution < -0.4 is 33.2 Å². The topological polar surface area (TPSA) is 264 Å². The Morgan fingerprint density at radius 3 is 2.13 bits per heavy atom. The summed E-state index contributed by atoms with van der Waals surface area (Å²) in [5.41, 5.74) is 17.8. The van der Waals surface area contributed by atoms with Crippen LogP contribution >= 0.6 is 0 Å². The number of aliphatic hydroxyl groups is 1. The minimum absolute atomic E-state index is 0.00631. The number of carboxylic acids is 1. The number of aromatic nitrogens is 2. The Hall–Kier alpha value is -4.50. The van der Waals surface area contributed by atoms with Crippen molar-refractivity contribution in [2.75, 3.05) is 13.2 Å². The molecule has 12 N–H and O–H groups in total. The van der Waals surface area contributed by atoms with Crippen LogP contribution in [0.5, 0.6) is 0 Å². The summed E-state index contributed by atoms with van der Waals surface area (Å²) in [4.78, 5) is 61.0. The smallest absolute Gasteiger partial charge is 0.328 e. The number of carboxylic acid groups (broad SMARTS) is 1. The average Bonchev–Trinajstić information content (AvgIpc) is 3.42. The lowest BCUT2D eigenvalue weighted by molar-refractivity contribution is -0.143. The number of aromatic amines is 1. The van der Waals surface area contributed by atoms with Crippen molar-refractivity contribution < 1.29 is 29.4 Å². The number of carbonyl (C=O) groups is 4. The fourth-order valence-electron chi connectivity index (χ4n) is 3.54. The summed E-state index contributed by atoms with van der Waals surface area (Å²) in [6, 6.07) is 3.84. The lowest BCUT2D eigenvalue weighted by Crippen LogP contribution is -2.58. The Labute approximate surface area is 224 Å². The van der Waals surface area contributed by atoms with E-state index in [1.54, 1.807) is 30.3 Å². The van der Waals surface area contributed by atoms with Gasteiger partial charge in [0.05, 0.1) is 19.0 Å². The number of nitrogens with zero attached hydrogens (tertiary/aromatic N) is 2. The summed E-state index contributed by atoms with van der Waals surface area (Å²) >= 11 is 0. The molecule has 0 radical (unpaired) electrons. The lowest BCUT2D eigenvalue weighted by atomic mass is 10.0. The summed E-state index contributed by atoms with van der Waals surface area (Å²) in [5, 5.41) is 25.9. The van der Waals surface area contributed by atoms with E-state index in [1.807, 2.05) is 0 Å². The molecule has 1 heterocycles. The van der Waals surface area contributed by atoms with Gasteiger partial charge in [-0.1, -0.05) is 30.3 Å². The highest BCUT2D eigenvalue weighted by atomic mass is 16.4. The molecule has 4 unspecified atom stereocenters. The minimum Gasteiger partial charge on any atom is -0.480 e. The van der Waals surface area contributed by atoms with E-state index in [0.29, 0.717) is 17.7 Å². The van der Waals surface area contributed by atoms with E-state index in [0.717, 1.165) is 0 Å². The average molecular weight is 546 g/mol. The predicted molar refractivity (Wildman–Crippen MR) is 141 cm³/mol. The number of benzene rings is 1. The van der Waals surface area contributed by atoms with Crippen molar-refractivity contribution >= 4 is 29.7 Å². The third-order valence-corrected chi connectivity index (χ3v) is 5.63. The number of guanidine groups is 1. The molecule has 15 heteroatoms. The fraction of sp³-hybridized carbons (Fsp3) is 0.417. The number of nitrogens with one attached hydrogen (secondary N) is 4. The number of hydrogen-bond donors (Lipinski definition) is 9. The number of aliphatic imine (C=N–C) groups is 1. The van der Waals surface area contributed by atoms with Crippen LogP contribution in [0.4, 0.5) is 0 Å². The lowest BCUT2D eigenvalue weighted by Gasteiger charge is -2.25. The van der Waals surface area contributed by atoms with Crippen molar-refractivity contribution in [3.63, 3.8) is 0 Å². The van der Waals surface area contributed by atoms with Gasteiger partial charge in [-0.15, -0.1) is 0 Å². The Bertz CT molecular complexity index is 1110. The van der Waals surface area contributed by atoms with E-state index in [2.05, 4.69) is 30.9 Å². The second kappa shape index (κ2) is 15.7. The van der Waals surface area contributed by atoms with Gasteiger partial charge in [0.1, 0.15) is 18.1 Å². The highest BCUT2D eigenvalue weighted by Gasteiger charge is 2.30. The maximum absolute atomic E-state index is 13.4. The van der Waals surface area contributed by atoms with Crippen LogP contribution in [0, 0.1) is 0 Å². The molecule has 0 aliphatic rings. The molecular weight excluding hydrogens is 510 g/mol. The van der Waals surface area contributed by atoms with Crippen molar-refractivity contribution in [2.24, 2.45) is 22.2 Å². The maximum atomic E-state index is 13.4. The van der Waals surface area contributed by atoms with Gasteiger partial charge in [-0.3, -0.25) is 19.4 Å². The Balaban J connectivity index is 2.19. The van der Waals surface area contributed by atoms with E-state index >= 15 is 0 Å². The highest BCUT2D eigenvalue weighted by molar-refractivity contribution is 5.94. The van der Waals surface area contributed by atoms with Crippen LogP contribution in [-0.4, -0.2) is 87.2 Å². The number of aliphatic carboxylic acids is 1. The van der Waals surface area contributed by atoms with E-state index < -0.39 is 54.5 Å². The van der Waals surface area contributed by atoms with Crippen LogP contribution in [0.15, 0.2) is 47.8 Å². The maximum Gasteiger partial charge on any atom is 0.328 e. The summed E-state index contributed by atoms with van der Waals surface area (Å²) in [7, 11) is 0. The Kier molecular flexibility index (Phi) is 12.4. The first-order valence-electron chi connectivity index (χ1n) is 12.2. The number of amides is 3. The summed E-state index contributed by atoms with van der Waals surface area (Å²) in [5.74, 6) is -3.65. The van der Waals surface area contributed by atoms with Gasteiger partial charge >= 0.3 is 5.97 Å². The molecule has 0 saturated carbocycles. The number of aliphatic hydroxyl groups excluding tert-OH is 1. The third kappa shape index (κ3) is 10.8. The number of carbonyl (C=O) groups excluding carboxylic acids is 3. The van der Waals surface area contributed by atoms with E-state index in [9.17, 15) is 29.4 Å². The van der Waals surface area contributed by atoms with Crippen molar-refractivity contribution in [3.05, 3.63) is 54.1 Å². The van der Waals surface area contributed by atoms with Gasteiger partial charge in [0.15, 0.2) is 5.96 Å². The molecule has 4 atom stereocenters. The van der Waals surface area contributed by atoms with Gasteiger partial charge in [-0.2, -0.15) is 0 Å². The van der Waals surface area contributed by atoms with Crippen molar-refractivity contribution in [1.29, 1.82) is 0 Å². The SMILES string of the molecule is NC(N)=NCCCC(N)C(=O)NC(Cc1cnc[nH]1)C(=O)NC(Cc1ccccc1)C(=O)NC(CO)C(=O)O. The van der Waals surface area contributed by atoms with Crippen molar-refractivity contribution in [1.82, 2.24) is 25.9 Å². The minimum atomic E-state index is -1.56. The molecule has 0 aliphatic heterocycles. The van der Waals surface area contributed by atoms with Crippen LogP contribution in [0.3, 0.4) is 0 Å². The van der Waals surface area contributed by atoms with Gasteiger partial charge < -0.3 is 48.3 Å². The molecule has 0 bridgehead atoms. The summed E-state index contributed by atoms with van der Waals surface area (Å²) in [6.07, 6.45) is 3.59. The van der Waals surface area contributed by atoms with Gasteiger partial charge in [0, 0.05) is 31.3 Å². The summed E-state index contributed by atoms with van der Waals surface area (Å²) in [6.45, 7) is -0.560. The number of imidazole rings is 1. The number of nitrogens with two attached hydrogens (primary N) is 3. The molecule has 212 valence electrons. The van der Waals surface area contributed by atoms with Crippen LogP contribution in [0.2, 0.25) is 0 Å². The first-order valence-corrected chi connectivity index (χ1v) is 12.2. The van der Waals surface area contributed by atoms with Crippen molar-refractivity contribution in [2.45, 2.75) is 49.9 Å². The quantitative estimate of drug-likeness (QED) is 0.0590. The van der Waals surface area contributed by atoms with Gasteiger partial charge in [-0.25, -0.2) is 9.78 Å². The highest BCUT2D eigenvalue weighted by Crippen LogP contribution is 2.07. The van der Waals surface area contributed by atoms with Crippen LogP contribution in [-0.2, 0) is 32.0 Å². The molecule has 1 aromatic carbocycles. The molecule has 0 saturated heterocycles. The Morgan fingerprint density at radius 2 is 1.56 bits per heavy atom. The first-order chi connectivity index (χ1) is 18.6. The fourth-order valence-corrected chi connectivity index (χ4v) is 3.54. The molecule has 1 aromatic heterocycles. The van der Waals surface area contributed by atoms with Gasteiger partial charge in [-0.05, 0) is 18.4 Å². The zero-order chi connectivity index (χ0) is 28.8. The molecule has 15 nitrogen and oxygen atoms in total. The van der Waals surface area contributed by atoms with E-state index in [4.69, 9.17) is 17.2 Å². The first kappa shape index (κ1) is 30.7.